The SMILES string of the molecule is COc1ccc(-c2nc(-c3cccc4ccccc34)oc2-c2ccc(OC)cc2)cc1. The van der Waals surface area contributed by atoms with Crippen LogP contribution in [-0.2, 0) is 0 Å². The molecule has 0 aliphatic heterocycles. The van der Waals surface area contributed by atoms with E-state index in [1.807, 2.05) is 72.8 Å². The summed E-state index contributed by atoms with van der Waals surface area (Å²) in [6.45, 7) is 0. The Hall–Kier alpha value is -4.05. The Balaban J connectivity index is 1.70. The van der Waals surface area contributed by atoms with Gasteiger partial charge >= 0.3 is 0 Å². The summed E-state index contributed by atoms with van der Waals surface area (Å²) in [5.41, 5.74) is 3.65. The van der Waals surface area contributed by atoms with E-state index in [-0.39, 0.29) is 0 Å². The van der Waals surface area contributed by atoms with E-state index < -0.39 is 0 Å². The molecule has 1 heterocycles. The number of fused-ring (bicyclic) bond motifs is 1. The molecule has 0 N–H and O–H groups in total. The monoisotopic (exact) mass is 407 g/mol. The fourth-order valence-electron chi connectivity index (χ4n) is 3.73. The lowest BCUT2D eigenvalue weighted by Gasteiger charge is -2.04. The van der Waals surface area contributed by atoms with E-state index >= 15 is 0 Å². The van der Waals surface area contributed by atoms with E-state index in [1.165, 1.54) is 0 Å². The second kappa shape index (κ2) is 8.00. The quantitative estimate of drug-likeness (QED) is 0.320. The summed E-state index contributed by atoms with van der Waals surface area (Å²) < 4.78 is 17.0. The zero-order valence-corrected chi connectivity index (χ0v) is 17.3. The van der Waals surface area contributed by atoms with Gasteiger partial charge in [-0.15, -0.1) is 0 Å². The number of nitrogens with zero attached hydrogens (tertiary/aromatic N) is 1. The minimum atomic E-state index is 0.591. The Morgan fingerprint density at radius 2 is 1.26 bits per heavy atom. The molecule has 4 aromatic carbocycles. The highest BCUT2D eigenvalue weighted by Crippen LogP contribution is 2.38. The molecule has 0 bridgehead atoms. The van der Waals surface area contributed by atoms with Crippen molar-refractivity contribution < 1.29 is 13.9 Å². The van der Waals surface area contributed by atoms with E-state index in [0.717, 1.165) is 50.4 Å². The largest absolute Gasteiger partial charge is 0.497 e. The molecule has 0 fully saturated rings. The van der Waals surface area contributed by atoms with E-state index in [1.54, 1.807) is 14.2 Å². The fourth-order valence-corrected chi connectivity index (χ4v) is 3.73. The van der Waals surface area contributed by atoms with Crippen LogP contribution in [0.25, 0.3) is 44.8 Å². The van der Waals surface area contributed by atoms with E-state index in [0.29, 0.717) is 5.89 Å². The van der Waals surface area contributed by atoms with Gasteiger partial charge in [0.1, 0.15) is 17.2 Å². The van der Waals surface area contributed by atoms with Gasteiger partial charge in [-0.05, 0) is 65.4 Å². The third kappa shape index (κ3) is 3.53. The maximum Gasteiger partial charge on any atom is 0.227 e. The molecule has 0 atom stereocenters. The number of oxazole rings is 1. The van der Waals surface area contributed by atoms with Crippen molar-refractivity contribution in [1.29, 1.82) is 0 Å². The van der Waals surface area contributed by atoms with Crippen LogP contribution < -0.4 is 9.47 Å². The second-order valence-electron chi connectivity index (χ2n) is 7.18. The average molecular weight is 407 g/mol. The van der Waals surface area contributed by atoms with Gasteiger partial charge in [-0.3, -0.25) is 0 Å². The molecule has 0 amide bonds. The predicted molar refractivity (Wildman–Crippen MR) is 123 cm³/mol. The summed E-state index contributed by atoms with van der Waals surface area (Å²) in [4.78, 5) is 4.94. The summed E-state index contributed by atoms with van der Waals surface area (Å²) in [6.07, 6.45) is 0. The molecule has 0 saturated heterocycles. The van der Waals surface area contributed by atoms with Crippen LogP contribution in [0.5, 0.6) is 11.5 Å². The fraction of sp³-hybridized carbons (Fsp3) is 0.0741. The highest BCUT2D eigenvalue weighted by Gasteiger charge is 2.19. The molecule has 31 heavy (non-hydrogen) atoms. The Labute approximate surface area is 180 Å². The minimum Gasteiger partial charge on any atom is -0.497 e. The summed E-state index contributed by atoms with van der Waals surface area (Å²) >= 11 is 0. The van der Waals surface area contributed by atoms with Crippen LogP contribution in [0.3, 0.4) is 0 Å². The summed E-state index contributed by atoms with van der Waals surface area (Å²) in [6, 6.07) is 30.1. The van der Waals surface area contributed by atoms with Gasteiger partial charge in [-0.25, -0.2) is 4.98 Å². The minimum absolute atomic E-state index is 0.591. The average Bonchev–Trinajstić information content (AvgIpc) is 3.29. The maximum atomic E-state index is 6.40. The summed E-state index contributed by atoms with van der Waals surface area (Å²) in [5.74, 6) is 2.90. The van der Waals surface area contributed by atoms with Crippen molar-refractivity contribution in [2.75, 3.05) is 14.2 Å². The lowest BCUT2D eigenvalue weighted by atomic mass is 10.0. The molecule has 4 heteroatoms. The number of rotatable bonds is 5. The van der Waals surface area contributed by atoms with Gasteiger partial charge in [0.25, 0.3) is 0 Å². The number of hydrogen-bond acceptors (Lipinski definition) is 4. The summed E-state index contributed by atoms with van der Waals surface area (Å²) in [7, 11) is 3.32. The van der Waals surface area contributed by atoms with Gasteiger partial charge < -0.3 is 13.9 Å². The Bertz CT molecular complexity index is 1270. The molecule has 0 saturated carbocycles. The van der Waals surface area contributed by atoms with Crippen molar-refractivity contribution >= 4 is 10.8 Å². The Morgan fingerprint density at radius 1 is 0.645 bits per heavy atom. The topological polar surface area (TPSA) is 44.5 Å². The Morgan fingerprint density at radius 3 is 1.94 bits per heavy atom. The smallest absolute Gasteiger partial charge is 0.227 e. The molecule has 152 valence electrons. The predicted octanol–water partition coefficient (Wildman–Crippen LogP) is 6.85. The van der Waals surface area contributed by atoms with Crippen molar-refractivity contribution in [2.24, 2.45) is 0 Å². The van der Waals surface area contributed by atoms with Crippen molar-refractivity contribution in [2.45, 2.75) is 0 Å². The van der Waals surface area contributed by atoms with Crippen LogP contribution in [0, 0.1) is 0 Å². The third-order valence-electron chi connectivity index (χ3n) is 5.36. The van der Waals surface area contributed by atoms with Crippen LogP contribution in [0.2, 0.25) is 0 Å². The van der Waals surface area contributed by atoms with Gasteiger partial charge in [0, 0.05) is 16.7 Å². The van der Waals surface area contributed by atoms with Crippen molar-refractivity contribution in [3.05, 3.63) is 91.0 Å². The Kier molecular flexibility index (Phi) is 4.89. The van der Waals surface area contributed by atoms with Crippen LogP contribution in [-0.4, -0.2) is 19.2 Å². The second-order valence-corrected chi connectivity index (χ2v) is 7.18. The lowest BCUT2D eigenvalue weighted by Crippen LogP contribution is -1.86. The molecule has 0 spiro atoms. The van der Waals surface area contributed by atoms with Gasteiger partial charge in [-0.1, -0.05) is 36.4 Å². The maximum absolute atomic E-state index is 6.40. The molecular weight excluding hydrogens is 386 g/mol. The van der Waals surface area contributed by atoms with Crippen LogP contribution in [0.1, 0.15) is 0 Å². The molecule has 5 rings (SSSR count). The molecule has 0 aliphatic carbocycles. The van der Waals surface area contributed by atoms with Crippen LogP contribution in [0.4, 0.5) is 0 Å². The number of ether oxygens (including phenoxy) is 2. The molecule has 0 radical (unpaired) electrons. The summed E-state index contributed by atoms with van der Waals surface area (Å²) in [5, 5.41) is 2.25. The van der Waals surface area contributed by atoms with Crippen molar-refractivity contribution in [3.8, 4) is 45.5 Å². The molecule has 5 aromatic rings. The molecule has 0 aliphatic rings. The first-order valence-electron chi connectivity index (χ1n) is 10.0. The van der Waals surface area contributed by atoms with Gasteiger partial charge in [-0.2, -0.15) is 0 Å². The first-order chi connectivity index (χ1) is 15.3. The number of hydrogen-bond donors (Lipinski definition) is 0. The van der Waals surface area contributed by atoms with Crippen LogP contribution >= 0.6 is 0 Å². The molecular formula is C27H21NO3. The van der Waals surface area contributed by atoms with Gasteiger partial charge in [0.05, 0.1) is 14.2 Å². The number of benzene rings is 4. The molecule has 1 aromatic heterocycles. The number of methoxy groups -OCH3 is 2. The standard InChI is InChI=1S/C27H21NO3/c1-29-21-14-10-19(11-15-21)25-26(20-12-16-22(30-2)17-13-20)31-27(28-25)24-9-5-7-18-6-3-4-8-23(18)24/h3-17H,1-2H3. The van der Waals surface area contributed by atoms with E-state index in [2.05, 4.69) is 18.2 Å². The van der Waals surface area contributed by atoms with E-state index in [9.17, 15) is 0 Å². The zero-order chi connectivity index (χ0) is 21.2. The first-order valence-corrected chi connectivity index (χ1v) is 10.0. The highest BCUT2D eigenvalue weighted by atomic mass is 16.5. The van der Waals surface area contributed by atoms with E-state index in [4.69, 9.17) is 18.9 Å². The lowest BCUT2D eigenvalue weighted by molar-refractivity contribution is 0.414. The normalized spacial score (nSPS) is 10.9. The zero-order valence-electron chi connectivity index (χ0n) is 17.3. The van der Waals surface area contributed by atoms with Crippen molar-refractivity contribution in [1.82, 2.24) is 4.98 Å². The number of aromatic nitrogens is 1. The van der Waals surface area contributed by atoms with Crippen molar-refractivity contribution in [3.63, 3.8) is 0 Å². The first kappa shape index (κ1) is 18.9. The van der Waals surface area contributed by atoms with Gasteiger partial charge in [0.15, 0.2) is 5.76 Å². The van der Waals surface area contributed by atoms with Gasteiger partial charge in [0.2, 0.25) is 5.89 Å². The van der Waals surface area contributed by atoms with Crippen LogP contribution in [0.15, 0.2) is 95.4 Å². The molecule has 4 nitrogen and oxygen atoms in total. The third-order valence-corrected chi connectivity index (χ3v) is 5.36. The highest BCUT2D eigenvalue weighted by molar-refractivity contribution is 5.95. The molecule has 0 unspecified atom stereocenters.